The molecule has 2 fully saturated rings. The van der Waals surface area contributed by atoms with Crippen molar-refractivity contribution in [3.8, 4) is 23.2 Å². The van der Waals surface area contributed by atoms with Gasteiger partial charge in [0.25, 0.3) is 0 Å². The van der Waals surface area contributed by atoms with E-state index in [1.807, 2.05) is 0 Å². The molecule has 1 aliphatic carbocycles. The molecule has 234 valence electrons. The number of alkyl halides is 3. The molecule has 45 heavy (non-hydrogen) atoms. The first-order valence-electron chi connectivity index (χ1n) is 14.5. The van der Waals surface area contributed by atoms with E-state index in [-0.39, 0.29) is 34.7 Å². The standard InChI is InChI=1S/C32H28ClF5N6O/c33-24-3-1-21(26(35)13-24)17-45-28-12-20(2-4-25(28)34)19-5-9-44(10-6-19)16-27-22(14-31(18-39)7-8-31)11-23(15-40-27)29-41-30(43-42-29)32(36,37)38/h1-4,11-13,15,19H,5-10,14,16-17H2,(H,41,42,43). The van der Waals surface area contributed by atoms with Crippen molar-refractivity contribution < 1.29 is 26.7 Å². The molecule has 1 N–H and O–H groups in total. The molecule has 1 aliphatic heterocycles. The van der Waals surface area contributed by atoms with Gasteiger partial charge in [0.05, 0.1) is 17.2 Å². The highest BCUT2D eigenvalue weighted by molar-refractivity contribution is 6.30. The van der Waals surface area contributed by atoms with Gasteiger partial charge in [-0.25, -0.2) is 8.78 Å². The van der Waals surface area contributed by atoms with Gasteiger partial charge in [0.2, 0.25) is 5.82 Å². The molecule has 7 nitrogen and oxygen atoms in total. The Balaban J connectivity index is 1.12. The number of piperidine rings is 1. The lowest BCUT2D eigenvalue weighted by Crippen LogP contribution is -2.33. The molecule has 1 saturated carbocycles. The molecule has 6 rings (SSSR count). The molecule has 2 aliphatic rings. The molecule has 2 aromatic heterocycles. The Morgan fingerprint density at radius 2 is 1.80 bits per heavy atom. The van der Waals surface area contributed by atoms with Crippen LogP contribution in [0.5, 0.6) is 5.75 Å². The third-order valence-electron chi connectivity index (χ3n) is 8.49. The SMILES string of the molecule is N#CC1(Cc2cc(-c3nnc(C(F)(F)F)[nH]3)cnc2CN2CCC(c3ccc(F)c(OCc4ccc(Cl)cc4F)c3)CC2)CC1. The Morgan fingerprint density at radius 3 is 2.47 bits per heavy atom. The first-order valence-corrected chi connectivity index (χ1v) is 14.9. The number of hydrogen-bond acceptors (Lipinski definition) is 6. The predicted molar refractivity (Wildman–Crippen MR) is 155 cm³/mol. The van der Waals surface area contributed by atoms with E-state index in [1.54, 1.807) is 24.3 Å². The van der Waals surface area contributed by atoms with Gasteiger partial charge >= 0.3 is 6.18 Å². The summed E-state index contributed by atoms with van der Waals surface area (Å²) in [5.74, 6) is -2.05. The minimum atomic E-state index is -4.65. The number of hydrogen-bond donors (Lipinski definition) is 1. The van der Waals surface area contributed by atoms with Crippen LogP contribution in [-0.4, -0.2) is 38.2 Å². The van der Waals surface area contributed by atoms with E-state index >= 15 is 0 Å². The molecular formula is C32H28ClF5N6O. The summed E-state index contributed by atoms with van der Waals surface area (Å²) in [5, 5.41) is 16.9. The Kier molecular flexibility index (Phi) is 8.50. The molecule has 2 aromatic carbocycles. The van der Waals surface area contributed by atoms with Crippen molar-refractivity contribution in [2.75, 3.05) is 13.1 Å². The number of H-pyrrole nitrogens is 1. The van der Waals surface area contributed by atoms with Crippen molar-refractivity contribution >= 4 is 11.6 Å². The van der Waals surface area contributed by atoms with Gasteiger partial charge in [-0.05, 0) is 92.6 Å². The Labute approximate surface area is 261 Å². The van der Waals surface area contributed by atoms with Gasteiger partial charge in [-0.3, -0.25) is 9.88 Å². The third-order valence-corrected chi connectivity index (χ3v) is 8.73. The zero-order chi connectivity index (χ0) is 31.8. The highest BCUT2D eigenvalue weighted by atomic mass is 35.5. The molecule has 0 spiro atoms. The number of likely N-dealkylation sites (tertiary alicyclic amines) is 1. The highest BCUT2D eigenvalue weighted by Crippen LogP contribution is 2.48. The largest absolute Gasteiger partial charge is 0.486 e. The predicted octanol–water partition coefficient (Wildman–Crippen LogP) is 7.62. The van der Waals surface area contributed by atoms with Gasteiger partial charge in [-0.2, -0.15) is 18.4 Å². The monoisotopic (exact) mass is 642 g/mol. The van der Waals surface area contributed by atoms with Crippen LogP contribution in [0.15, 0.2) is 48.7 Å². The lowest BCUT2D eigenvalue weighted by Gasteiger charge is -2.32. The lowest BCUT2D eigenvalue weighted by molar-refractivity contribution is -0.144. The van der Waals surface area contributed by atoms with E-state index < -0.39 is 29.1 Å². The molecule has 0 bridgehead atoms. The first-order chi connectivity index (χ1) is 21.5. The van der Waals surface area contributed by atoms with Crippen molar-refractivity contribution in [1.82, 2.24) is 25.1 Å². The average Bonchev–Trinajstić information content (AvgIpc) is 3.59. The fourth-order valence-corrected chi connectivity index (χ4v) is 5.80. The summed E-state index contributed by atoms with van der Waals surface area (Å²) in [6, 6.07) is 13.2. The summed E-state index contributed by atoms with van der Waals surface area (Å²) in [6.07, 6.45) is 0.401. The third kappa shape index (κ3) is 7.10. The topological polar surface area (TPSA) is 90.7 Å². The van der Waals surface area contributed by atoms with E-state index in [0.29, 0.717) is 18.5 Å². The maximum Gasteiger partial charge on any atom is 0.451 e. The van der Waals surface area contributed by atoms with Crippen molar-refractivity contribution in [3.63, 3.8) is 0 Å². The number of rotatable bonds is 9. The fraction of sp³-hybridized carbons (Fsp3) is 0.375. The van der Waals surface area contributed by atoms with Crippen molar-refractivity contribution in [2.24, 2.45) is 5.41 Å². The quantitative estimate of drug-likeness (QED) is 0.189. The Hall–Kier alpha value is -4.08. The molecule has 0 radical (unpaired) electrons. The summed E-state index contributed by atoms with van der Waals surface area (Å²) >= 11 is 5.81. The van der Waals surface area contributed by atoms with Crippen LogP contribution in [0.4, 0.5) is 22.0 Å². The number of aromatic amines is 1. The van der Waals surface area contributed by atoms with Crippen LogP contribution in [0.3, 0.4) is 0 Å². The molecule has 0 amide bonds. The maximum atomic E-state index is 14.5. The molecule has 3 heterocycles. The second kappa shape index (κ2) is 12.4. The lowest BCUT2D eigenvalue weighted by atomic mass is 9.89. The van der Waals surface area contributed by atoms with E-state index in [2.05, 4.69) is 31.1 Å². The van der Waals surface area contributed by atoms with E-state index in [4.69, 9.17) is 16.3 Å². The van der Waals surface area contributed by atoms with Gasteiger partial charge < -0.3 is 9.72 Å². The number of benzene rings is 2. The van der Waals surface area contributed by atoms with Crippen LogP contribution < -0.4 is 4.74 Å². The van der Waals surface area contributed by atoms with Gasteiger partial charge in [-0.1, -0.05) is 23.7 Å². The summed E-state index contributed by atoms with van der Waals surface area (Å²) in [7, 11) is 0. The molecule has 13 heteroatoms. The van der Waals surface area contributed by atoms with E-state index in [0.717, 1.165) is 55.6 Å². The smallest absolute Gasteiger partial charge is 0.451 e. The van der Waals surface area contributed by atoms with Crippen LogP contribution in [0, 0.1) is 28.4 Å². The number of pyridine rings is 1. The zero-order valence-electron chi connectivity index (χ0n) is 24.0. The minimum Gasteiger partial charge on any atom is -0.486 e. The van der Waals surface area contributed by atoms with Crippen molar-refractivity contribution in [3.05, 3.63) is 93.5 Å². The second-order valence-corrected chi connectivity index (χ2v) is 12.1. The molecule has 0 unspecified atom stereocenters. The summed E-state index contributed by atoms with van der Waals surface area (Å²) in [5.41, 5.74) is 2.66. The van der Waals surface area contributed by atoms with Crippen LogP contribution in [0.1, 0.15) is 59.8 Å². The zero-order valence-corrected chi connectivity index (χ0v) is 24.7. The first kappa shape index (κ1) is 30.9. The number of nitrogens with one attached hydrogen (secondary N) is 1. The van der Waals surface area contributed by atoms with Crippen LogP contribution in [0.25, 0.3) is 11.4 Å². The average molecular weight is 643 g/mol. The number of ether oxygens (including phenoxy) is 1. The normalized spacial score (nSPS) is 16.8. The van der Waals surface area contributed by atoms with Crippen molar-refractivity contribution in [1.29, 1.82) is 5.26 Å². The summed E-state index contributed by atoms with van der Waals surface area (Å²) in [4.78, 5) is 9.08. The molecule has 4 aromatic rings. The van der Waals surface area contributed by atoms with Crippen LogP contribution in [-0.2, 0) is 25.7 Å². The van der Waals surface area contributed by atoms with Crippen LogP contribution >= 0.6 is 11.6 Å². The van der Waals surface area contributed by atoms with Gasteiger partial charge in [-0.15, -0.1) is 10.2 Å². The number of halogens is 6. The van der Waals surface area contributed by atoms with Crippen LogP contribution in [0.2, 0.25) is 5.02 Å². The van der Waals surface area contributed by atoms with Gasteiger partial charge in [0.15, 0.2) is 17.4 Å². The fourth-order valence-electron chi connectivity index (χ4n) is 5.64. The van der Waals surface area contributed by atoms with E-state index in [9.17, 15) is 27.2 Å². The number of nitrogens with zero attached hydrogens (tertiary/aromatic N) is 5. The summed E-state index contributed by atoms with van der Waals surface area (Å²) in [6.45, 7) is 1.84. The molecule has 1 saturated heterocycles. The van der Waals surface area contributed by atoms with Crippen molar-refractivity contribution in [2.45, 2.75) is 57.3 Å². The Morgan fingerprint density at radius 1 is 1.02 bits per heavy atom. The van der Waals surface area contributed by atoms with Gasteiger partial charge in [0.1, 0.15) is 12.4 Å². The molecule has 0 atom stereocenters. The number of aromatic nitrogens is 4. The minimum absolute atomic E-state index is 0.0359. The van der Waals surface area contributed by atoms with Gasteiger partial charge in [0, 0.05) is 28.9 Å². The van der Waals surface area contributed by atoms with E-state index in [1.165, 1.54) is 24.4 Å². The molecular weight excluding hydrogens is 615 g/mol. The summed E-state index contributed by atoms with van der Waals surface area (Å²) < 4.78 is 73.5. The highest BCUT2D eigenvalue weighted by Gasteiger charge is 2.44. The maximum absolute atomic E-state index is 14.5. The second-order valence-electron chi connectivity index (χ2n) is 11.7. The number of nitriles is 1. The Bertz CT molecular complexity index is 1740.